The van der Waals surface area contributed by atoms with Crippen LogP contribution in [-0.2, 0) is 50.9 Å². The van der Waals surface area contributed by atoms with Gasteiger partial charge in [-0.05, 0) is 95.3 Å². The molecule has 0 aliphatic carbocycles. The number of nitrogens with zero attached hydrogens (tertiary/aromatic N) is 2. The number of amides is 3. The number of carbonyl (C=O) groups excluding carboxylic acids is 5. The van der Waals surface area contributed by atoms with Crippen molar-refractivity contribution in [2.45, 2.75) is 147 Å². The molecular weight excluding hydrogens is 922 g/mol. The average molecular weight is 987 g/mol. The van der Waals surface area contributed by atoms with Gasteiger partial charge in [0.25, 0.3) is 5.91 Å². The Morgan fingerprint density at radius 1 is 0.836 bits per heavy atom. The Bertz CT molecular complexity index is 2230. The third-order valence-corrected chi connectivity index (χ3v) is 17.6. The summed E-state index contributed by atoms with van der Waals surface area (Å²) >= 11 is 13.4. The van der Waals surface area contributed by atoms with E-state index in [-0.39, 0.29) is 65.5 Å². The van der Waals surface area contributed by atoms with E-state index in [0.29, 0.717) is 5.56 Å². The van der Waals surface area contributed by atoms with Crippen LogP contribution >= 0.6 is 23.2 Å². The normalized spacial score (nSPS) is 21.0. The number of methoxy groups -OCH3 is 2. The lowest BCUT2D eigenvalue weighted by atomic mass is 9.84. The van der Waals surface area contributed by atoms with Crippen molar-refractivity contribution in [3.8, 4) is 5.75 Å². The second kappa shape index (κ2) is 21.2. The summed E-state index contributed by atoms with van der Waals surface area (Å²) in [4.78, 5) is 74.3. The first-order valence-corrected chi connectivity index (χ1v) is 25.9. The van der Waals surface area contributed by atoms with Crippen molar-refractivity contribution in [2.75, 3.05) is 20.8 Å². The van der Waals surface area contributed by atoms with E-state index in [2.05, 4.69) is 39.2 Å². The van der Waals surface area contributed by atoms with Crippen LogP contribution in [0.4, 0.5) is 9.59 Å². The number of nitrogens with one attached hydrogen (secondary N) is 1. The van der Waals surface area contributed by atoms with Crippen molar-refractivity contribution >= 4 is 61.6 Å². The van der Waals surface area contributed by atoms with Gasteiger partial charge in [-0.2, -0.15) is 0 Å². The van der Waals surface area contributed by atoms with E-state index in [1.807, 2.05) is 36.4 Å². The van der Waals surface area contributed by atoms with Gasteiger partial charge >= 0.3 is 24.1 Å². The second-order valence-electron chi connectivity index (χ2n) is 19.8. The van der Waals surface area contributed by atoms with Crippen LogP contribution in [0.25, 0.3) is 0 Å². The van der Waals surface area contributed by atoms with E-state index < -0.39 is 79.4 Å². The highest BCUT2D eigenvalue weighted by Gasteiger charge is 2.70. The second-order valence-corrected chi connectivity index (χ2v) is 25.5. The monoisotopic (exact) mass is 985 g/mol. The smallest absolute Gasteiger partial charge is 0.413 e. The van der Waals surface area contributed by atoms with E-state index in [9.17, 15) is 24.0 Å². The first kappa shape index (κ1) is 53.1. The van der Waals surface area contributed by atoms with Crippen molar-refractivity contribution in [1.29, 1.82) is 0 Å². The summed E-state index contributed by atoms with van der Waals surface area (Å²) in [7, 11) is -0.152. The van der Waals surface area contributed by atoms with E-state index >= 15 is 0 Å². The van der Waals surface area contributed by atoms with Crippen LogP contribution in [0.2, 0.25) is 28.2 Å². The Hall–Kier alpha value is -4.87. The van der Waals surface area contributed by atoms with Gasteiger partial charge in [0.1, 0.15) is 30.6 Å². The molecule has 2 aliphatic heterocycles. The number of hydrogen-bond donors (Lipinski definition) is 1. The quantitative estimate of drug-likeness (QED) is 0.0871. The molecule has 2 fully saturated rings. The molecule has 1 unspecified atom stereocenters. The van der Waals surface area contributed by atoms with Gasteiger partial charge in [-0.15, -0.1) is 0 Å². The SMILES string of the molecule is COC(=O)[C@H]1[C@@H]([C@@]2(C(=O)OC)CC[C@@H](CC(CO[Si](C)(C)C(C)(C)C)NC(=O)c3cc(Cl)c(OCc4ccccc4)c(Cl)c3)N2C(=O)OC(C)(C)C)OC(C)(C)N1C(=O)OCc1ccccc1. The fourth-order valence-corrected chi connectivity index (χ4v) is 9.81. The minimum atomic E-state index is -2.46. The summed E-state index contributed by atoms with van der Waals surface area (Å²) in [5.41, 5.74) is -3.01. The van der Waals surface area contributed by atoms with Crippen molar-refractivity contribution in [3.63, 3.8) is 0 Å². The molecular formula is C49H65Cl2N3O12Si. The molecule has 5 rings (SSSR count). The van der Waals surface area contributed by atoms with Gasteiger partial charge in [0.2, 0.25) is 0 Å². The van der Waals surface area contributed by atoms with Crippen molar-refractivity contribution < 1.29 is 56.8 Å². The molecule has 3 aromatic rings. The van der Waals surface area contributed by atoms with Crippen LogP contribution in [0.3, 0.4) is 0 Å². The minimum absolute atomic E-state index is 0.0185. The fraction of sp³-hybridized carbons (Fsp3) is 0.531. The van der Waals surface area contributed by atoms with Crippen LogP contribution in [-0.4, -0.2) is 110 Å². The number of likely N-dealkylation sites (tertiary alicyclic amines) is 1. The maximum absolute atomic E-state index is 14.8. The maximum Gasteiger partial charge on any atom is 0.413 e. The van der Waals surface area contributed by atoms with E-state index in [1.165, 1.54) is 17.0 Å². The standard InChI is InChI=1S/C49H65Cl2N3O12Si/c1-46(2,3)66-45(59)53-35(23-24-49(53,43(57)61-10)40-38(42(56)60-9)54(48(7,8)65-40)44(58)63-29-32-21-17-14-18-22-32)27-34(30-64-67(11,12)47(4,5)6)52-41(55)33-25-36(50)39(37(51)26-33)62-28-31-19-15-13-16-20-31/h13-22,25-26,34-35,38,40H,23-24,27-30H2,1-12H3,(H,52,55)/t34?,35-,38+,40-,49+/m0/s1. The topological polar surface area (TPSA) is 168 Å². The highest BCUT2D eigenvalue weighted by molar-refractivity contribution is 6.74. The summed E-state index contributed by atoms with van der Waals surface area (Å²) in [5.74, 6) is -2.18. The van der Waals surface area contributed by atoms with Crippen LogP contribution in [0, 0.1) is 0 Å². The summed E-state index contributed by atoms with van der Waals surface area (Å²) < 4.78 is 41.8. The number of halogens is 2. The highest BCUT2D eigenvalue weighted by atomic mass is 35.5. The Morgan fingerprint density at radius 3 is 1.93 bits per heavy atom. The number of carbonyl (C=O) groups is 5. The summed E-state index contributed by atoms with van der Waals surface area (Å²) in [5, 5.41) is 3.12. The minimum Gasteiger partial charge on any atom is -0.486 e. The van der Waals surface area contributed by atoms with Crippen LogP contribution < -0.4 is 10.1 Å². The van der Waals surface area contributed by atoms with Gasteiger partial charge in [-0.3, -0.25) is 14.6 Å². The zero-order valence-electron chi connectivity index (χ0n) is 40.5. The lowest BCUT2D eigenvalue weighted by molar-refractivity contribution is -0.171. The fourth-order valence-electron chi connectivity index (χ4n) is 8.16. The van der Waals surface area contributed by atoms with Crippen molar-refractivity contribution in [1.82, 2.24) is 15.1 Å². The number of benzene rings is 3. The van der Waals surface area contributed by atoms with Crippen molar-refractivity contribution in [3.05, 3.63) is 99.5 Å². The lowest BCUT2D eigenvalue weighted by Gasteiger charge is -2.44. The summed E-state index contributed by atoms with van der Waals surface area (Å²) in [6.07, 6.45) is -3.35. The predicted octanol–water partition coefficient (Wildman–Crippen LogP) is 9.71. The molecule has 1 N–H and O–H groups in total. The number of ether oxygens (including phenoxy) is 6. The molecule has 2 saturated heterocycles. The summed E-state index contributed by atoms with van der Waals surface area (Å²) in [6.45, 7) is 18.6. The number of rotatable bonds is 15. The molecule has 5 atom stereocenters. The first-order chi connectivity index (χ1) is 31.3. The molecule has 366 valence electrons. The Labute approximate surface area is 405 Å². The van der Waals surface area contributed by atoms with E-state index in [4.69, 9.17) is 56.0 Å². The molecule has 2 heterocycles. The van der Waals surface area contributed by atoms with E-state index in [0.717, 1.165) is 24.7 Å². The molecule has 3 aromatic carbocycles. The number of hydrogen-bond acceptors (Lipinski definition) is 12. The molecule has 0 spiro atoms. The van der Waals surface area contributed by atoms with Crippen molar-refractivity contribution in [2.24, 2.45) is 0 Å². The molecule has 2 aliphatic rings. The van der Waals surface area contributed by atoms with Gasteiger partial charge in [0.05, 0.1) is 36.9 Å². The zero-order chi connectivity index (χ0) is 49.7. The predicted molar refractivity (Wildman–Crippen MR) is 255 cm³/mol. The summed E-state index contributed by atoms with van der Waals surface area (Å²) in [6, 6.07) is 18.1. The molecule has 0 aromatic heterocycles. The molecule has 67 heavy (non-hydrogen) atoms. The third-order valence-electron chi connectivity index (χ3n) is 12.5. The highest BCUT2D eigenvalue weighted by Crippen LogP contribution is 2.49. The Kier molecular flexibility index (Phi) is 16.8. The maximum atomic E-state index is 14.8. The Balaban J connectivity index is 1.55. The molecule has 15 nitrogen and oxygen atoms in total. The Morgan fingerprint density at radius 2 is 1.40 bits per heavy atom. The molecule has 3 amide bonds. The van der Waals surface area contributed by atoms with Gasteiger partial charge in [-0.1, -0.05) is 105 Å². The van der Waals surface area contributed by atoms with Gasteiger partial charge in [0.15, 0.2) is 25.6 Å². The first-order valence-electron chi connectivity index (χ1n) is 22.2. The molecule has 0 radical (unpaired) electrons. The molecule has 0 saturated carbocycles. The third kappa shape index (κ3) is 12.2. The lowest BCUT2D eigenvalue weighted by Crippen LogP contribution is -2.67. The number of esters is 2. The van der Waals surface area contributed by atoms with Crippen LogP contribution in [0.1, 0.15) is 96.1 Å². The largest absolute Gasteiger partial charge is 0.486 e. The van der Waals surface area contributed by atoms with Crippen LogP contribution in [0.5, 0.6) is 5.75 Å². The van der Waals surface area contributed by atoms with Gasteiger partial charge < -0.3 is 38.2 Å². The average Bonchev–Trinajstić information content (AvgIpc) is 3.78. The molecule has 0 bridgehead atoms. The van der Waals surface area contributed by atoms with Crippen LogP contribution in [0.15, 0.2) is 72.8 Å². The van der Waals surface area contributed by atoms with E-state index in [1.54, 1.807) is 58.9 Å². The van der Waals surface area contributed by atoms with Gasteiger partial charge in [-0.25, -0.2) is 19.2 Å². The van der Waals surface area contributed by atoms with Gasteiger partial charge in [0, 0.05) is 11.6 Å². The molecule has 18 heteroatoms. The zero-order valence-corrected chi connectivity index (χ0v) is 43.0.